The second kappa shape index (κ2) is 8.38. The summed E-state index contributed by atoms with van der Waals surface area (Å²) in [5.41, 5.74) is 0. The van der Waals surface area contributed by atoms with Crippen LogP contribution in [-0.2, 0) is 9.47 Å². The summed E-state index contributed by atoms with van der Waals surface area (Å²) in [4.78, 5) is 16.4. The normalized spacial score (nSPS) is 18.4. The van der Waals surface area contributed by atoms with E-state index in [1.807, 2.05) is 16.7 Å². The van der Waals surface area contributed by atoms with Gasteiger partial charge in [-0.2, -0.15) is 0 Å². The molecule has 0 aromatic heterocycles. The lowest BCUT2D eigenvalue weighted by molar-refractivity contribution is 0.0692. The fourth-order valence-corrected chi connectivity index (χ4v) is 2.41. The maximum atomic E-state index is 12.6. The molecule has 0 aromatic carbocycles. The number of rotatable bonds is 6. The fourth-order valence-electron chi connectivity index (χ4n) is 2.41. The van der Waals surface area contributed by atoms with Gasteiger partial charge in [0.05, 0.1) is 19.3 Å². The van der Waals surface area contributed by atoms with Crippen LogP contribution in [0.4, 0.5) is 4.79 Å². The molecular formula is C14H28N2O3. The first-order valence-electron chi connectivity index (χ1n) is 7.13. The van der Waals surface area contributed by atoms with Crippen LogP contribution in [0.3, 0.4) is 0 Å². The Kier molecular flexibility index (Phi) is 7.16. The zero-order chi connectivity index (χ0) is 14.3. The van der Waals surface area contributed by atoms with Gasteiger partial charge >= 0.3 is 6.03 Å². The third-order valence-corrected chi connectivity index (χ3v) is 3.78. The van der Waals surface area contributed by atoms with E-state index in [4.69, 9.17) is 9.47 Å². The number of urea groups is 1. The van der Waals surface area contributed by atoms with Crippen molar-refractivity contribution in [1.29, 1.82) is 0 Å². The lowest BCUT2D eigenvalue weighted by Gasteiger charge is -2.37. The lowest BCUT2D eigenvalue weighted by atomic mass is 9.99. The summed E-state index contributed by atoms with van der Waals surface area (Å²) in [6.45, 7) is 7.73. The van der Waals surface area contributed by atoms with E-state index < -0.39 is 0 Å². The number of carbonyl (C=O) groups excluding carboxylic acids is 1. The first-order chi connectivity index (χ1) is 9.10. The number of methoxy groups -OCH3 is 2. The van der Waals surface area contributed by atoms with Gasteiger partial charge < -0.3 is 19.3 Å². The second-order valence-electron chi connectivity index (χ2n) is 5.44. The van der Waals surface area contributed by atoms with Crippen molar-refractivity contribution < 1.29 is 14.3 Å². The molecule has 1 atom stereocenters. The highest BCUT2D eigenvalue weighted by Crippen LogP contribution is 2.18. The van der Waals surface area contributed by atoms with E-state index >= 15 is 0 Å². The van der Waals surface area contributed by atoms with Gasteiger partial charge in [0.25, 0.3) is 0 Å². The van der Waals surface area contributed by atoms with Crippen LogP contribution in [0.2, 0.25) is 0 Å². The summed E-state index contributed by atoms with van der Waals surface area (Å²) in [5.74, 6) is 0.730. The molecule has 2 amide bonds. The summed E-state index contributed by atoms with van der Waals surface area (Å²) in [6, 6.07) is 0.195. The SMILES string of the molecule is COCCN(C(=O)N1CCC(C)CC1)C(C)COC. The molecule has 1 heterocycles. The monoisotopic (exact) mass is 272 g/mol. The first-order valence-corrected chi connectivity index (χ1v) is 7.13. The Bertz CT molecular complexity index is 265. The maximum absolute atomic E-state index is 12.6. The molecule has 0 aliphatic carbocycles. The third kappa shape index (κ3) is 4.99. The molecule has 5 heteroatoms. The molecule has 1 fully saturated rings. The lowest BCUT2D eigenvalue weighted by Crippen LogP contribution is -2.51. The molecule has 1 aliphatic rings. The Hall–Kier alpha value is -0.810. The van der Waals surface area contributed by atoms with E-state index in [1.165, 1.54) is 0 Å². The largest absolute Gasteiger partial charge is 0.383 e. The Labute approximate surface area is 116 Å². The van der Waals surface area contributed by atoms with Crippen molar-refractivity contribution in [3.05, 3.63) is 0 Å². The molecule has 0 radical (unpaired) electrons. The van der Waals surface area contributed by atoms with Crippen LogP contribution in [0.5, 0.6) is 0 Å². The van der Waals surface area contributed by atoms with Crippen molar-refractivity contribution in [2.75, 3.05) is 47.1 Å². The molecule has 1 rings (SSSR count). The zero-order valence-electron chi connectivity index (χ0n) is 12.7. The van der Waals surface area contributed by atoms with E-state index in [-0.39, 0.29) is 12.1 Å². The van der Waals surface area contributed by atoms with E-state index in [0.29, 0.717) is 19.8 Å². The second-order valence-corrected chi connectivity index (χ2v) is 5.44. The minimum atomic E-state index is 0.0759. The number of amides is 2. The van der Waals surface area contributed by atoms with Crippen LogP contribution in [0.15, 0.2) is 0 Å². The van der Waals surface area contributed by atoms with Crippen LogP contribution in [0.25, 0.3) is 0 Å². The molecule has 1 saturated heterocycles. The molecular weight excluding hydrogens is 244 g/mol. The summed E-state index contributed by atoms with van der Waals surface area (Å²) < 4.78 is 10.3. The van der Waals surface area contributed by atoms with E-state index in [0.717, 1.165) is 31.8 Å². The first kappa shape index (κ1) is 16.2. The number of nitrogens with zero attached hydrogens (tertiary/aromatic N) is 2. The van der Waals surface area contributed by atoms with Crippen molar-refractivity contribution in [1.82, 2.24) is 9.80 Å². The van der Waals surface area contributed by atoms with E-state index in [9.17, 15) is 4.79 Å². The van der Waals surface area contributed by atoms with Crippen LogP contribution in [-0.4, -0.2) is 68.9 Å². The van der Waals surface area contributed by atoms with Gasteiger partial charge in [-0.1, -0.05) is 6.92 Å². The predicted octanol–water partition coefficient (Wildman–Crippen LogP) is 1.82. The van der Waals surface area contributed by atoms with Gasteiger partial charge in [0.15, 0.2) is 0 Å². The summed E-state index contributed by atoms with van der Waals surface area (Å²) in [7, 11) is 3.32. The highest BCUT2D eigenvalue weighted by atomic mass is 16.5. The minimum absolute atomic E-state index is 0.0759. The predicted molar refractivity (Wildman–Crippen MR) is 75.3 cm³/mol. The maximum Gasteiger partial charge on any atom is 0.320 e. The molecule has 0 saturated carbocycles. The number of hydrogen-bond donors (Lipinski definition) is 0. The van der Waals surface area contributed by atoms with Crippen LogP contribution in [0, 0.1) is 5.92 Å². The van der Waals surface area contributed by atoms with Crippen molar-refractivity contribution >= 4 is 6.03 Å². The van der Waals surface area contributed by atoms with Gasteiger partial charge in [-0.25, -0.2) is 4.79 Å². The number of carbonyl (C=O) groups is 1. The molecule has 19 heavy (non-hydrogen) atoms. The van der Waals surface area contributed by atoms with Gasteiger partial charge in [-0.15, -0.1) is 0 Å². The van der Waals surface area contributed by atoms with Gasteiger partial charge in [-0.3, -0.25) is 0 Å². The average molecular weight is 272 g/mol. The fraction of sp³-hybridized carbons (Fsp3) is 0.929. The highest BCUT2D eigenvalue weighted by Gasteiger charge is 2.27. The van der Waals surface area contributed by atoms with Gasteiger partial charge in [0.2, 0.25) is 0 Å². The molecule has 0 N–H and O–H groups in total. The topological polar surface area (TPSA) is 42.0 Å². The number of likely N-dealkylation sites (tertiary alicyclic amines) is 1. The van der Waals surface area contributed by atoms with Crippen LogP contribution in [0.1, 0.15) is 26.7 Å². The molecule has 112 valence electrons. The van der Waals surface area contributed by atoms with Gasteiger partial charge in [0.1, 0.15) is 0 Å². The summed E-state index contributed by atoms with van der Waals surface area (Å²) in [5, 5.41) is 0. The van der Waals surface area contributed by atoms with E-state index in [2.05, 4.69) is 6.92 Å². The molecule has 1 aliphatic heterocycles. The van der Waals surface area contributed by atoms with Crippen LogP contribution >= 0.6 is 0 Å². The molecule has 0 spiro atoms. The standard InChI is InChI=1S/C14H28N2O3/c1-12-5-7-15(8-6-12)14(17)16(9-10-18-3)13(2)11-19-4/h12-13H,5-11H2,1-4H3. The van der Waals surface area contributed by atoms with Crippen molar-refractivity contribution in [3.63, 3.8) is 0 Å². The molecule has 0 bridgehead atoms. The Morgan fingerprint density at radius 1 is 1.32 bits per heavy atom. The van der Waals surface area contributed by atoms with Crippen molar-refractivity contribution in [2.45, 2.75) is 32.7 Å². The van der Waals surface area contributed by atoms with Crippen molar-refractivity contribution in [2.24, 2.45) is 5.92 Å². The smallest absolute Gasteiger partial charge is 0.320 e. The Balaban J connectivity index is 2.59. The van der Waals surface area contributed by atoms with E-state index in [1.54, 1.807) is 14.2 Å². The summed E-state index contributed by atoms with van der Waals surface area (Å²) >= 11 is 0. The quantitative estimate of drug-likeness (QED) is 0.740. The number of ether oxygens (including phenoxy) is 2. The number of hydrogen-bond acceptors (Lipinski definition) is 3. The molecule has 5 nitrogen and oxygen atoms in total. The van der Waals surface area contributed by atoms with Gasteiger partial charge in [0, 0.05) is 33.9 Å². The van der Waals surface area contributed by atoms with Crippen LogP contribution < -0.4 is 0 Å². The highest BCUT2D eigenvalue weighted by molar-refractivity contribution is 5.75. The Morgan fingerprint density at radius 2 is 1.95 bits per heavy atom. The zero-order valence-corrected chi connectivity index (χ0v) is 12.7. The Morgan fingerprint density at radius 3 is 2.47 bits per heavy atom. The number of piperidine rings is 1. The summed E-state index contributed by atoms with van der Waals surface area (Å²) in [6.07, 6.45) is 2.20. The van der Waals surface area contributed by atoms with Gasteiger partial charge in [-0.05, 0) is 25.7 Å². The minimum Gasteiger partial charge on any atom is -0.383 e. The molecule has 0 aromatic rings. The third-order valence-electron chi connectivity index (χ3n) is 3.78. The molecule has 1 unspecified atom stereocenters. The van der Waals surface area contributed by atoms with Crippen molar-refractivity contribution in [3.8, 4) is 0 Å². The average Bonchev–Trinajstić information content (AvgIpc) is 2.40.